The van der Waals surface area contributed by atoms with Gasteiger partial charge in [-0.25, -0.2) is 9.13 Å². The first kappa shape index (κ1) is 51.3. The predicted molar refractivity (Wildman–Crippen MR) is 246 cm³/mol. The van der Waals surface area contributed by atoms with E-state index in [1.807, 2.05) is 52.0 Å². The number of fused-ring (bicyclic) bond motifs is 4. The summed E-state index contributed by atoms with van der Waals surface area (Å²) >= 11 is 0. The lowest BCUT2D eigenvalue weighted by Gasteiger charge is -2.33. The second kappa shape index (κ2) is 17.3. The van der Waals surface area contributed by atoms with E-state index in [4.69, 9.17) is 18.1 Å². The molecular weight excluding hydrogens is 809 g/mol. The Morgan fingerprint density at radius 1 is 0.417 bits per heavy atom. The largest absolute Gasteiger partial charge is 0.584 e. The van der Waals surface area contributed by atoms with Gasteiger partial charge in [0.2, 0.25) is 0 Å². The molecule has 3 radical (unpaired) electrons. The molecule has 2 aliphatic heterocycles. The van der Waals surface area contributed by atoms with Crippen molar-refractivity contribution in [1.29, 1.82) is 0 Å². The Hall–Kier alpha value is -3.05. The van der Waals surface area contributed by atoms with Crippen LogP contribution < -0.4 is 18.1 Å². The van der Waals surface area contributed by atoms with Crippen LogP contribution in [0.25, 0.3) is 0 Å². The lowest BCUT2D eigenvalue weighted by Crippen LogP contribution is -2.20. The minimum atomic E-state index is -4.37. The number of phosphoric ester groups is 2. The maximum absolute atomic E-state index is 13.1. The van der Waals surface area contributed by atoms with Gasteiger partial charge in [0.15, 0.2) is 0 Å². The van der Waals surface area contributed by atoms with Crippen molar-refractivity contribution in [3.63, 3.8) is 0 Å². The third-order valence-electron chi connectivity index (χ3n) is 11.0. The van der Waals surface area contributed by atoms with E-state index in [0.717, 1.165) is 66.8 Å². The number of phosphoric acid groups is 2. The smallest absolute Gasteiger partial charge is 0.412 e. The van der Waals surface area contributed by atoms with Gasteiger partial charge in [-0.1, -0.05) is 168 Å². The first-order valence-electron chi connectivity index (χ1n) is 20.2. The van der Waals surface area contributed by atoms with Crippen LogP contribution >= 0.6 is 15.6 Å². The quantitative estimate of drug-likeness (QED) is 0.131. The molecule has 0 saturated heterocycles. The molecule has 0 spiro atoms. The number of hydrogen-bond donors (Lipinski definition) is 2. The number of benzene rings is 4. The Bertz CT molecular complexity index is 2040. The van der Waals surface area contributed by atoms with Crippen LogP contribution in [0.15, 0.2) is 48.5 Å². The molecule has 60 heavy (non-hydrogen) atoms. The van der Waals surface area contributed by atoms with E-state index in [2.05, 4.69) is 121 Å². The highest BCUT2D eigenvalue weighted by Crippen LogP contribution is 2.58. The molecular formula is C48H68AlO9P2. The standard InChI is InChI=1S/2C24H33O4P.Al.H2O/c2*1-14-10-17-16(3)18-11-15(2)13-20(24(7,8)9)22(18)28-29(25,26)27-21(17)19(12-14)23(4,5)6;;/h2*10-13,16H,1-9H3,(H,25,26);;1H2. The minimum Gasteiger partial charge on any atom is -0.412 e. The van der Waals surface area contributed by atoms with Gasteiger partial charge in [-0.05, 0) is 49.4 Å². The molecule has 0 fully saturated rings. The van der Waals surface area contributed by atoms with Gasteiger partial charge in [-0.2, -0.15) is 0 Å². The molecule has 4 aromatic carbocycles. The summed E-state index contributed by atoms with van der Waals surface area (Å²) in [6.45, 7) is 37.3. The van der Waals surface area contributed by atoms with Gasteiger partial charge in [0.1, 0.15) is 23.0 Å². The fourth-order valence-electron chi connectivity index (χ4n) is 7.96. The number of hydrogen-bond acceptors (Lipinski definition) is 6. The molecule has 6 rings (SSSR count). The Kier molecular flexibility index (Phi) is 14.8. The third-order valence-corrected chi connectivity index (χ3v) is 12.6. The number of rotatable bonds is 0. The van der Waals surface area contributed by atoms with Crippen molar-refractivity contribution >= 4 is 33.0 Å². The summed E-state index contributed by atoms with van der Waals surface area (Å²) in [6.07, 6.45) is 0. The monoisotopic (exact) mass is 877 g/mol. The topological polar surface area (TPSA) is 143 Å². The van der Waals surface area contributed by atoms with Gasteiger partial charge in [-0.3, -0.25) is 9.79 Å². The van der Waals surface area contributed by atoms with E-state index in [-0.39, 0.29) is 56.3 Å². The van der Waals surface area contributed by atoms with E-state index in [9.17, 15) is 18.9 Å². The Morgan fingerprint density at radius 2 is 0.583 bits per heavy atom. The summed E-state index contributed by atoms with van der Waals surface area (Å²) < 4.78 is 49.2. The second-order valence-electron chi connectivity index (χ2n) is 20.7. The molecule has 0 saturated carbocycles. The van der Waals surface area contributed by atoms with Crippen molar-refractivity contribution in [2.75, 3.05) is 0 Å². The fourth-order valence-corrected chi connectivity index (χ4v) is 9.77. The van der Waals surface area contributed by atoms with Crippen molar-refractivity contribution < 1.29 is 42.5 Å². The van der Waals surface area contributed by atoms with Crippen LogP contribution in [0, 0.1) is 27.7 Å². The summed E-state index contributed by atoms with van der Waals surface area (Å²) in [7, 11) is -8.74. The first-order valence-corrected chi connectivity index (χ1v) is 23.2. The maximum Gasteiger partial charge on any atom is 0.584 e. The van der Waals surface area contributed by atoms with Crippen LogP contribution in [-0.2, 0) is 30.8 Å². The fraction of sp³-hybridized carbons (Fsp3) is 0.500. The summed E-state index contributed by atoms with van der Waals surface area (Å²) in [5, 5.41) is 0. The highest BCUT2D eigenvalue weighted by Gasteiger charge is 2.40. The van der Waals surface area contributed by atoms with E-state index < -0.39 is 15.6 Å². The summed E-state index contributed by atoms with van der Waals surface area (Å²) in [6, 6.07) is 16.4. The lowest BCUT2D eigenvalue weighted by molar-refractivity contribution is 0.278. The van der Waals surface area contributed by atoms with Crippen molar-refractivity contribution in [1.82, 2.24) is 0 Å². The Balaban J connectivity index is 0.000000310. The molecule has 327 valence electrons. The average molecular weight is 878 g/mol. The molecule has 0 unspecified atom stereocenters. The van der Waals surface area contributed by atoms with Gasteiger partial charge in [-0.15, -0.1) is 0 Å². The van der Waals surface area contributed by atoms with Crippen LogP contribution in [0.4, 0.5) is 0 Å². The first-order chi connectivity index (χ1) is 26.2. The summed E-state index contributed by atoms with van der Waals surface area (Å²) in [4.78, 5) is 21.4. The van der Waals surface area contributed by atoms with Gasteiger partial charge in [0.25, 0.3) is 0 Å². The molecule has 0 bridgehead atoms. The van der Waals surface area contributed by atoms with Crippen molar-refractivity contribution in [2.45, 2.75) is 158 Å². The van der Waals surface area contributed by atoms with Crippen LogP contribution in [0.2, 0.25) is 0 Å². The number of aryl methyl sites for hydroxylation is 4. The summed E-state index contributed by atoms with van der Waals surface area (Å²) in [5.41, 5.74) is 10.7. The van der Waals surface area contributed by atoms with Crippen molar-refractivity contribution in [3.8, 4) is 23.0 Å². The maximum atomic E-state index is 13.1. The van der Waals surface area contributed by atoms with Crippen molar-refractivity contribution in [3.05, 3.63) is 115 Å². The molecule has 2 heterocycles. The van der Waals surface area contributed by atoms with E-state index >= 15 is 0 Å². The molecule has 0 amide bonds. The highest BCUT2D eigenvalue weighted by atomic mass is 31.2. The molecule has 4 N–H and O–H groups in total. The van der Waals surface area contributed by atoms with Gasteiger partial charge in [0.05, 0.1) is 0 Å². The van der Waals surface area contributed by atoms with E-state index in [1.54, 1.807) is 0 Å². The summed E-state index contributed by atoms with van der Waals surface area (Å²) in [5.74, 6) is 1.75. The minimum absolute atomic E-state index is 0. The van der Waals surface area contributed by atoms with Crippen LogP contribution in [-0.4, -0.2) is 32.6 Å². The average Bonchev–Trinajstić information content (AvgIpc) is 3.03. The van der Waals surface area contributed by atoms with E-state index in [1.165, 1.54) is 0 Å². The Morgan fingerprint density at radius 3 is 0.733 bits per heavy atom. The zero-order valence-corrected chi connectivity index (χ0v) is 42.0. The second-order valence-corrected chi connectivity index (χ2v) is 23.3. The molecule has 0 atom stereocenters. The normalized spacial score (nSPS) is 21.2. The van der Waals surface area contributed by atoms with Gasteiger partial charge >= 0.3 is 15.6 Å². The van der Waals surface area contributed by atoms with Crippen LogP contribution in [0.5, 0.6) is 23.0 Å². The molecule has 9 nitrogen and oxygen atoms in total. The Labute approximate surface area is 370 Å². The molecule has 0 aromatic heterocycles. The lowest BCUT2D eigenvalue weighted by atomic mass is 9.79. The van der Waals surface area contributed by atoms with Gasteiger partial charge in [0, 0.05) is 73.7 Å². The zero-order valence-electron chi connectivity index (χ0n) is 39.1. The molecule has 0 aliphatic carbocycles. The molecule has 4 aromatic rings. The van der Waals surface area contributed by atoms with Crippen LogP contribution in [0.1, 0.15) is 176 Å². The highest BCUT2D eigenvalue weighted by molar-refractivity contribution is 7.48. The SMILES string of the molecule is Cc1cc2c(c(C(C)(C)C)c1)OP(=O)(O)Oc1c(cc(C)cc1C(C)(C)C)C2C.Cc1cc2c(c(C(C)(C)C)c1)OP(=O)(O)Oc1c(cc(C)cc1C(C)(C)C)C2C.O.[Al]. The predicted octanol–water partition coefficient (Wildman–Crippen LogP) is 12.6. The van der Waals surface area contributed by atoms with Gasteiger partial charge < -0.3 is 23.6 Å². The van der Waals surface area contributed by atoms with E-state index in [0.29, 0.717) is 23.0 Å². The molecule has 12 heteroatoms. The zero-order chi connectivity index (χ0) is 43.9. The third kappa shape index (κ3) is 10.9. The molecule has 2 aliphatic rings. The van der Waals surface area contributed by atoms with Crippen molar-refractivity contribution in [2.24, 2.45) is 0 Å². The van der Waals surface area contributed by atoms with Crippen LogP contribution in [0.3, 0.4) is 0 Å².